The number of alkyl halides is 2. The summed E-state index contributed by atoms with van der Waals surface area (Å²) in [7, 11) is 0. The third-order valence-electron chi connectivity index (χ3n) is 2.33. The van der Waals surface area contributed by atoms with Crippen molar-refractivity contribution in [3.63, 3.8) is 0 Å². The summed E-state index contributed by atoms with van der Waals surface area (Å²) in [5.74, 6) is 0. The topological polar surface area (TPSA) is 15.3 Å². The highest BCUT2D eigenvalue weighted by Gasteiger charge is 2.22. The summed E-state index contributed by atoms with van der Waals surface area (Å²) < 4.78 is 24.1. The predicted octanol–water partition coefficient (Wildman–Crippen LogP) is 0.935. The number of halogens is 2. The molecular formula is C8H16F2N2. The molecule has 1 saturated heterocycles. The Kier molecular flexibility index (Phi) is 3.88. The van der Waals surface area contributed by atoms with Crippen LogP contribution in [0.15, 0.2) is 0 Å². The lowest BCUT2D eigenvalue weighted by molar-refractivity contribution is 0.0727. The number of nitrogens with zero attached hydrogens (tertiary/aromatic N) is 1. The fourth-order valence-corrected chi connectivity index (χ4v) is 1.66. The van der Waals surface area contributed by atoms with Gasteiger partial charge < -0.3 is 5.32 Å². The average Bonchev–Trinajstić information content (AvgIpc) is 2.51. The molecule has 1 unspecified atom stereocenters. The molecule has 1 aliphatic heterocycles. The zero-order valence-electron chi connectivity index (χ0n) is 7.39. The molecule has 1 fully saturated rings. The van der Waals surface area contributed by atoms with Crippen LogP contribution in [0.25, 0.3) is 0 Å². The number of hydrogen-bond acceptors (Lipinski definition) is 2. The molecule has 0 radical (unpaired) electrons. The van der Waals surface area contributed by atoms with E-state index in [1.807, 2.05) is 11.8 Å². The molecule has 0 aliphatic carbocycles. The maximum atomic E-state index is 12.1. The molecule has 1 N–H and O–H groups in total. The summed E-state index contributed by atoms with van der Waals surface area (Å²) in [6, 6.07) is 0.323. The monoisotopic (exact) mass is 178 g/mol. The molecule has 0 spiro atoms. The molecule has 0 aromatic rings. The van der Waals surface area contributed by atoms with Gasteiger partial charge in [-0.3, -0.25) is 4.90 Å². The van der Waals surface area contributed by atoms with Gasteiger partial charge in [-0.1, -0.05) is 6.92 Å². The first-order valence-electron chi connectivity index (χ1n) is 4.47. The molecule has 0 aromatic heterocycles. The summed E-state index contributed by atoms with van der Waals surface area (Å²) in [5.41, 5.74) is 0. The van der Waals surface area contributed by atoms with Gasteiger partial charge in [0, 0.05) is 12.6 Å². The molecule has 12 heavy (non-hydrogen) atoms. The van der Waals surface area contributed by atoms with Crippen LogP contribution in [-0.4, -0.2) is 43.5 Å². The van der Waals surface area contributed by atoms with Crippen molar-refractivity contribution < 1.29 is 8.78 Å². The van der Waals surface area contributed by atoms with E-state index >= 15 is 0 Å². The smallest absolute Gasteiger partial charge is 0.251 e. The van der Waals surface area contributed by atoms with Gasteiger partial charge in [0.15, 0.2) is 0 Å². The third-order valence-corrected chi connectivity index (χ3v) is 2.33. The molecular weight excluding hydrogens is 162 g/mol. The predicted molar refractivity (Wildman–Crippen MR) is 44.5 cm³/mol. The fourth-order valence-electron chi connectivity index (χ4n) is 1.66. The van der Waals surface area contributed by atoms with Gasteiger partial charge in [-0.25, -0.2) is 8.78 Å². The normalized spacial score (nSPS) is 24.2. The second kappa shape index (κ2) is 4.72. The largest absolute Gasteiger partial charge is 0.315 e. The van der Waals surface area contributed by atoms with Crippen molar-refractivity contribution >= 4 is 0 Å². The van der Waals surface area contributed by atoms with Crippen molar-refractivity contribution in [2.75, 3.05) is 26.2 Å². The van der Waals surface area contributed by atoms with Gasteiger partial charge in [0.05, 0.1) is 6.54 Å². The highest BCUT2D eigenvalue weighted by Crippen LogP contribution is 2.09. The van der Waals surface area contributed by atoms with E-state index in [4.69, 9.17) is 0 Å². The van der Waals surface area contributed by atoms with Crippen LogP contribution in [0.3, 0.4) is 0 Å². The molecule has 1 heterocycles. The van der Waals surface area contributed by atoms with Gasteiger partial charge >= 0.3 is 0 Å². The van der Waals surface area contributed by atoms with E-state index in [-0.39, 0.29) is 6.54 Å². The Morgan fingerprint density at radius 3 is 2.75 bits per heavy atom. The van der Waals surface area contributed by atoms with Crippen LogP contribution in [0.1, 0.15) is 13.3 Å². The minimum atomic E-state index is -2.20. The third kappa shape index (κ3) is 2.68. The summed E-state index contributed by atoms with van der Waals surface area (Å²) in [6.07, 6.45) is -1.20. The Bertz CT molecular complexity index is 124. The SMILES string of the molecule is CCN(CC(F)F)C1CCNC1. The van der Waals surface area contributed by atoms with Gasteiger partial charge in [-0.05, 0) is 19.5 Å². The number of rotatable bonds is 4. The first-order chi connectivity index (χ1) is 5.74. The number of likely N-dealkylation sites (N-methyl/N-ethyl adjacent to an activating group) is 1. The van der Waals surface area contributed by atoms with Crippen molar-refractivity contribution in [2.45, 2.75) is 25.8 Å². The van der Waals surface area contributed by atoms with Gasteiger partial charge in [-0.2, -0.15) is 0 Å². The lowest BCUT2D eigenvalue weighted by Crippen LogP contribution is -2.39. The van der Waals surface area contributed by atoms with E-state index in [1.165, 1.54) is 0 Å². The quantitative estimate of drug-likeness (QED) is 0.689. The van der Waals surface area contributed by atoms with E-state index in [0.29, 0.717) is 6.04 Å². The minimum absolute atomic E-state index is 0.0805. The first-order valence-corrected chi connectivity index (χ1v) is 4.47. The molecule has 0 bridgehead atoms. The highest BCUT2D eigenvalue weighted by atomic mass is 19.3. The van der Waals surface area contributed by atoms with Crippen molar-refractivity contribution in [3.05, 3.63) is 0 Å². The molecule has 0 saturated carbocycles. The summed E-state index contributed by atoms with van der Waals surface area (Å²) in [6.45, 7) is 4.39. The zero-order valence-corrected chi connectivity index (χ0v) is 7.39. The summed E-state index contributed by atoms with van der Waals surface area (Å²) in [4.78, 5) is 1.85. The van der Waals surface area contributed by atoms with E-state index in [2.05, 4.69) is 5.32 Å². The van der Waals surface area contributed by atoms with Gasteiger partial charge in [0.1, 0.15) is 0 Å². The maximum absolute atomic E-state index is 12.1. The van der Waals surface area contributed by atoms with E-state index in [0.717, 1.165) is 26.1 Å². The number of nitrogens with one attached hydrogen (secondary N) is 1. The summed E-state index contributed by atoms with van der Waals surface area (Å²) >= 11 is 0. The van der Waals surface area contributed by atoms with Gasteiger partial charge in [-0.15, -0.1) is 0 Å². The zero-order chi connectivity index (χ0) is 8.97. The van der Waals surface area contributed by atoms with Crippen molar-refractivity contribution in [2.24, 2.45) is 0 Å². The fraction of sp³-hybridized carbons (Fsp3) is 1.00. The summed E-state index contributed by atoms with van der Waals surface area (Å²) in [5, 5.41) is 3.17. The Labute approximate surface area is 71.9 Å². The van der Waals surface area contributed by atoms with Crippen LogP contribution in [0.2, 0.25) is 0 Å². The standard InChI is InChI=1S/C8H16F2N2/c1-2-12(6-8(9)10)7-3-4-11-5-7/h7-8,11H,2-6H2,1H3. The first kappa shape index (κ1) is 9.86. The maximum Gasteiger partial charge on any atom is 0.251 e. The van der Waals surface area contributed by atoms with Gasteiger partial charge in [0.2, 0.25) is 0 Å². The van der Waals surface area contributed by atoms with E-state index < -0.39 is 6.43 Å². The molecule has 1 atom stereocenters. The molecule has 1 aliphatic rings. The molecule has 1 rings (SSSR count). The Morgan fingerprint density at radius 2 is 2.33 bits per heavy atom. The molecule has 4 heteroatoms. The molecule has 72 valence electrons. The number of hydrogen-bond donors (Lipinski definition) is 1. The van der Waals surface area contributed by atoms with Crippen LogP contribution in [0.4, 0.5) is 8.78 Å². The molecule has 2 nitrogen and oxygen atoms in total. The van der Waals surface area contributed by atoms with Gasteiger partial charge in [0.25, 0.3) is 6.43 Å². The lowest BCUT2D eigenvalue weighted by Gasteiger charge is -2.26. The molecule has 0 aromatic carbocycles. The van der Waals surface area contributed by atoms with Crippen LogP contribution in [0, 0.1) is 0 Å². The van der Waals surface area contributed by atoms with Crippen LogP contribution < -0.4 is 5.32 Å². The van der Waals surface area contributed by atoms with Crippen LogP contribution in [-0.2, 0) is 0 Å². The Morgan fingerprint density at radius 1 is 1.58 bits per heavy atom. The highest BCUT2D eigenvalue weighted by molar-refractivity contribution is 4.80. The van der Waals surface area contributed by atoms with Crippen molar-refractivity contribution in [1.82, 2.24) is 10.2 Å². The minimum Gasteiger partial charge on any atom is -0.315 e. The Balaban J connectivity index is 2.32. The second-order valence-corrected chi connectivity index (χ2v) is 3.13. The van der Waals surface area contributed by atoms with Crippen LogP contribution >= 0.6 is 0 Å². The van der Waals surface area contributed by atoms with E-state index in [9.17, 15) is 8.78 Å². The van der Waals surface area contributed by atoms with Crippen LogP contribution in [0.5, 0.6) is 0 Å². The van der Waals surface area contributed by atoms with Crippen molar-refractivity contribution in [1.29, 1.82) is 0 Å². The van der Waals surface area contributed by atoms with Crippen molar-refractivity contribution in [3.8, 4) is 0 Å². The van der Waals surface area contributed by atoms with E-state index in [1.54, 1.807) is 0 Å². The lowest BCUT2D eigenvalue weighted by atomic mass is 10.2. The Hall–Kier alpha value is -0.220. The average molecular weight is 178 g/mol. The molecule has 0 amide bonds. The second-order valence-electron chi connectivity index (χ2n) is 3.13.